The lowest BCUT2D eigenvalue weighted by Crippen LogP contribution is -2.27. The van der Waals surface area contributed by atoms with E-state index in [1.807, 2.05) is 16.7 Å². The van der Waals surface area contributed by atoms with E-state index in [4.69, 9.17) is 0 Å². The third-order valence-electron chi connectivity index (χ3n) is 3.96. The van der Waals surface area contributed by atoms with Crippen molar-refractivity contribution in [2.24, 2.45) is 0 Å². The fraction of sp³-hybridized carbons (Fsp3) is 0.444. The highest BCUT2D eigenvalue weighted by atomic mass is 16.3. The summed E-state index contributed by atoms with van der Waals surface area (Å²) in [7, 11) is 0. The first-order valence-corrected chi connectivity index (χ1v) is 8.17. The Morgan fingerprint density at radius 2 is 2.00 bits per heavy atom. The van der Waals surface area contributed by atoms with E-state index < -0.39 is 0 Å². The van der Waals surface area contributed by atoms with E-state index in [2.05, 4.69) is 23.7 Å². The summed E-state index contributed by atoms with van der Waals surface area (Å²) in [4.78, 5) is 18.2. The lowest BCUT2D eigenvalue weighted by atomic mass is 10.2. The Bertz CT molecular complexity index is 668. The van der Waals surface area contributed by atoms with Gasteiger partial charge in [0.05, 0.1) is 6.20 Å². The maximum absolute atomic E-state index is 11.8. The van der Waals surface area contributed by atoms with Gasteiger partial charge in [-0.25, -0.2) is 0 Å². The lowest BCUT2D eigenvalue weighted by molar-refractivity contribution is 0.267. The molecule has 0 amide bonds. The standard InChI is InChI=1S/C18H25N3O2/c1-3-5-10-20(4-2)13-16-11-17(22)18(23)14-21(16)12-15-6-8-19-9-7-15/h6-9,11,14,23H,3-5,10,12-13H2,1-2H3. The quantitative estimate of drug-likeness (QED) is 0.813. The Labute approximate surface area is 137 Å². The van der Waals surface area contributed by atoms with E-state index in [9.17, 15) is 9.90 Å². The third kappa shape index (κ3) is 4.93. The zero-order chi connectivity index (χ0) is 16.7. The first-order valence-electron chi connectivity index (χ1n) is 8.17. The number of unbranched alkanes of at least 4 members (excludes halogenated alkanes) is 1. The van der Waals surface area contributed by atoms with Gasteiger partial charge in [0, 0.05) is 37.2 Å². The molecule has 0 radical (unpaired) electrons. The number of pyridine rings is 2. The average molecular weight is 315 g/mol. The Morgan fingerprint density at radius 1 is 1.26 bits per heavy atom. The zero-order valence-electron chi connectivity index (χ0n) is 13.9. The molecule has 0 saturated heterocycles. The van der Waals surface area contributed by atoms with Gasteiger partial charge in [-0.3, -0.25) is 14.7 Å². The molecule has 0 spiro atoms. The predicted octanol–water partition coefficient (Wildman–Crippen LogP) is 2.62. The van der Waals surface area contributed by atoms with Gasteiger partial charge in [0.1, 0.15) is 0 Å². The number of aromatic nitrogens is 2. The van der Waals surface area contributed by atoms with Gasteiger partial charge < -0.3 is 9.67 Å². The number of hydrogen-bond acceptors (Lipinski definition) is 4. The Hall–Kier alpha value is -2.14. The molecule has 2 aromatic heterocycles. The van der Waals surface area contributed by atoms with Crippen LogP contribution < -0.4 is 5.43 Å². The fourth-order valence-corrected chi connectivity index (χ4v) is 2.53. The van der Waals surface area contributed by atoms with Crippen molar-refractivity contribution in [3.8, 4) is 5.75 Å². The molecule has 2 heterocycles. The van der Waals surface area contributed by atoms with E-state index in [1.54, 1.807) is 18.5 Å². The molecular weight excluding hydrogens is 290 g/mol. The Balaban J connectivity index is 2.26. The summed E-state index contributed by atoms with van der Waals surface area (Å²) in [5.41, 5.74) is 1.68. The monoisotopic (exact) mass is 315 g/mol. The summed E-state index contributed by atoms with van der Waals surface area (Å²) in [6.07, 6.45) is 7.32. The van der Waals surface area contributed by atoms with E-state index in [-0.39, 0.29) is 11.2 Å². The van der Waals surface area contributed by atoms with Crippen LogP contribution in [0.25, 0.3) is 0 Å². The van der Waals surface area contributed by atoms with Crippen molar-refractivity contribution >= 4 is 0 Å². The van der Waals surface area contributed by atoms with Gasteiger partial charge in [-0.05, 0) is 37.2 Å². The summed E-state index contributed by atoms with van der Waals surface area (Å²) >= 11 is 0. The number of rotatable bonds is 8. The smallest absolute Gasteiger partial charge is 0.223 e. The number of aromatic hydroxyl groups is 1. The van der Waals surface area contributed by atoms with Crippen molar-refractivity contribution in [1.29, 1.82) is 0 Å². The Kier molecular flexibility index (Phi) is 6.35. The highest BCUT2D eigenvalue weighted by Gasteiger charge is 2.10. The molecule has 0 atom stereocenters. The molecule has 23 heavy (non-hydrogen) atoms. The zero-order valence-corrected chi connectivity index (χ0v) is 13.9. The summed E-state index contributed by atoms with van der Waals surface area (Å²) in [6.45, 7) is 7.56. The molecule has 5 nitrogen and oxygen atoms in total. The summed E-state index contributed by atoms with van der Waals surface area (Å²) < 4.78 is 1.95. The third-order valence-corrected chi connectivity index (χ3v) is 3.96. The van der Waals surface area contributed by atoms with E-state index >= 15 is 0 Å². The minimum Gasteiger partial charge on any atom is -0.503 e. The first kappa shape index (κ1) is 17.2. The summed E-state index contributed by atoms with van der Waals surface area (Å²) in [6, 6.07) is 5.42. The van der Waals surface area contributed by atoms with Gasteiger partial charge in [-0.15, -0.1) is 0 Å². The molecule has 5 heteroatoms. The molecule has 0 aromatic carbocycles. The Morgan fingerprint density at radius 3 is 2.65 bits per heavy atom. The average Bonchev–Trinajstić information content (AvgIpc) is 2.56. The van der Waals surface area contributed by atoms with Crippen molar-refractivity contribution in [2.45, 2.75) is 39.8 Å². The van der Waals surface area contributed by atoms with Gasteiger partial charge in [0.2, 0.25) is 5.43 Å². The molecule has 0 saturated carbocycles. The molecular formula is C18H25N3O2. The van der Waals surface area contributed by atoms with E-state index in [1.165, 1.54) is 6.20 Å². The van der Waals surface area contributed by atoms with Crippen LogP contribution >= 0.6 is 0 Å². The van der Waals surface area contributed by atoms with Gasteiger partial charge in [-0.2, -0.15) is 0 Å². The van der Waals surface area contributed by atoms with Crippen molar-refractivity contribution in [2.75, 3.05) is 13.1 Å². The van der Waals surface area contributed by atoms with Crippen molar-refractivity contribution < 1.29 is 5.11 Å². The van der Waals surface area contributed by atoms with E-state index in [0.29, 0.717) is 13.1 Å². The molecule has 2 aromatic rings. The SMILES string of the molecule is CCCCN(CC)Cc1cc(=O)c(O)cn1Cc1ccncc1. The van der Waals surface area contributed by atoms with Crippen LogP contribution in [-0.2, 0) is 13.1 Å². The van der Waals surface area contributed by atoms with Crippen LogP contribution in [-0.4, -0.2) is 32.6 Å². The van der Waals surface area contributed by atoms with Crippen molar-refractivity contribution in [1.82, 2.24) is 14.5 Å². The lowest BCUT2D eigenvalue weighted by Gasteiger charge is -2.23. The van der Waals surface area contributed by atoms with Crippen LogP contribution in [0, 0.1) is 0 Å². The second-order valence-corrected chi connectivity index (χ2v) is 5.72. The molecule has 0 aliphatic carbocycles. The van der Waals surface area contributed by atoms with Gasteiger partial charge >= 0.3 is 0 Å². The molecule has 124 valence electrons. The largest absolute Gasteiger partial charge is 0.503 e. The molecule has 2 rings (SSSR count). The molecule has 0 bridgehead atoms. The topological polar surface area (TPSA) is 58.4 Å². The fourth-order valence-electron chi connectivity index (χ4n) is 2.53. The number of nitrogens with zero attached hydrogens (tertiary/aromatic N) is 3. The number of hydrogen-bond donors (Lipinski definition) is 1. The van der Waals surface area contributed by atoms with Crippen molar-refractivity contribution in [3.05, 3.63) is 58.3 Å². The predicted molar refractivity (Wildman–Crippen MR) is 91.6 cm³/mol. The first-order chi connectivity index (χ1) is 11.1. The normalized spacial score (nSPS) is 11.1. The maximum Gasteiger partial charge on any atom is 0.223 e. The van der Waals surface area contributed by atoms with Crippen LogP contribution in [0.1, 0.15) is 37.9 Å². The second-order valence-electron chi connectivity index (χ2n) is 5.72. The van der Waals surface area contributed by atoms with Gasteiger partial charge in [0.25, 0.3) is 0 Å². The van der Waals surface area contributed by atoms with Crippen LogP contribution in [0.2, 0.25) is 0 Å². The van der Waals surface area contributed by atoms with Crippen LogP contribution in [0.15, 0.2) is 41.6 Å². The van der Waals surface area contributed by atoms with Gasteiger partial charge in [-0.1, -0.05) is 20.3 Å². The van der Waals surface area contributed by atoms with Crippen LogP contribution in [0.3, 0.4) is 0 Å². The summed E-state index contributed by atoms with van der Waals surface area (Å²) in [5.74, 6) is -0.209. The highest BCUT2D eigenvalue weighted by molar-refractivity contribution is 5.22. The summed E-state index contributed by atoms with van der Waals surface area (Å²) in [5, 5.41) is 9.78. The van der Waals surface area contributed by atoms with Crippen molar-refractivity contribution in [3.63, 3.8) is 0 Å². The molecule has 0 aliphatic rings. The minimum atomic E-state index is -0.322. The highest BCUT2D eigenvalue weighted by Crippen LogP contribution is 2.12. The van der Waals surface area contributed by atoms with Gasteiger partial charge in [0.15, 0.2) is 5.75 Å². The minimum absolute atomic E-state index is 0.209. The molecule has 0 aliphatic heterocycles. The molecule has 0 unspecified atom stereocenters. The molecule has 1 N–H and O–H groups in total. The van der Waals surface area contributed by atoms with Crippen LogP contribution in [0.5, 0.6) is 5.75 Å². The van der Waals surface area contributed by atoms with Crippen LogP contribution in [0.4, 0.5) is 0 Å². The maximum atomic E-state index is 11.8. The second kappa shape index (κ2) is 8.48. The van der Waals surface area contributed by atoms with E-state index in [0.717, 1.165) is 37.2 Å². The molecule has 0 fully saturated rings.